The molecule has 6 rings (SSSR count). The highest BCUT2D eigenvalue weighted by Crippen LogP contribution is 2.51. The van der Waals surface area contributed by atoms with Gasteiger partial charge in [-0.15, -0.1) is 10.2 Å². The van der Waals surface area contributed by atoms with Gasteiger partial charge < -0.3 is 9.30 Å². The summed E-state index contributed by atoms with van der Waals surface area (Å²) in [5, 5.41) is 8.50. The van der Waals surface area contributed by atoms with E-state index < -0.39 is 17.4 Å². The summed E-state index contributed by atoms with van der Waals surface area (Å²) < 4.78 is 53.0. The molecule has 4 heterocycles. The quantitative estimate of drug-likeness (QED) is 0.471. The number of morpholine rings is 1. The Morgan fingerprint density at radius 1 is 1.16 bits per heavy atom. The topological polar surface area (TPSA) is 69.6 Å². The molecular formula is C27H35F3N6O2. The predicted octanol–water partition coefficient (Wildman–Crippen LogP) is 4.39. The van der Waals surface area contributed by atoms with Crippen molar-refractivity contribution < 1.29 is 17.9 Å². The molecule has 3 aromatic heterocycles. The largest absolute Gasteiger partial charge is 0.418 e. The van der Waals surface area contributed by atoms with Crippen LogP contribution in [0, 0.1) is 11.8 Å². The summed E-state index contributed by atoms with van der Waals surface area (Å²) in [7, 11) is 1.96. The zero-order valence-corrected chi connectivity index (χ0v) is 21.9. The van der Waals surface area contributed by atoms with E-state index in [2.05, 4.69) is 15.1 Å². The zero-order chi connectivity index (χ0) is 26.6. The normalized spacial score (nSPS) is 26.2. The van der Waals surface area contributed by atoms with Gasteiger partial charge in [-0.1, -0.05) is 6.42 Å². The van der Waals surface area contributed by atoms with Crippen LogP contribution in [0.4, 0.5) is 13.2 Å². The van der Waals surface area contributed by atoms with Crippen LogP contribution in [0.3, 0.4) is 0 Å². The first-order chi connectivity index (χ1) is 18.2. The second kappa shape index (κ2) is 9.82. The van der Waals surface area contributed by atoms with Crippen LogP contribution < -0.4 is 5.69 Å². The van der Waals surface area contributed by atoms with E-state index in [0.717, 1.165) is 44.3 Å². The van der Waals surface area contributed by atoms with Crippen LogP contribution in [0.1, 0.15) is 74.4 Å². The number of aryl methyl sites for hydroxylation is 1. The lowest BCUT2D eigenvalue weighted by Gasteiger charge is -2.34. The van der Waals surface area contributed by atoms with Crippen molar-refractivity contribution in [2.24, 2.45) is 18.9 Å². The third-order valence-electron chi connectivity index (χ3n) is 8.65. The average Bonchev–Trinajstić information content (AvgIpc) is 3.53. The Bertz CT molecular complexity index is 1360. The Hall–Kier alpha value is -2.66. The van der Waals surface area contributed by atoms with Gasteiger partial charge >= 0.3 is 11.9 Å². The van der Waals surface area contributed by atoms with E-state index in [0.29, 0.717) is 43.6 Å². The molecule has 0 N–H and O–H groups in total. The van der Waals surface area contributed by atoms with Crippen LogP contribution in [0.25, 0.3) is 5.52 Å². The number of rotatable bonds is 6. The molecule has 0 spiro atoms. The fourth-order valence-electron chi connectivity index (χ4n) is 6.77. The van der Waals surface area contributed by atoms with E-state index >= 15 is 0 Å². The van der Waals surface area contributed by atoms with Crippen molar-refractivity contribution >= 4 is 5.52 Å². The highest BCUT2D eigenvalue weighted by atomic mass is 19.4. The highest BCUT2D eigenvalue weighted by molar-refractivity contribution is 5.56. The summed E-state index contributed by atoms with van der Waals surface area (Å²) in [4.78, 5) is 15.7. The number of imidazole rings is 1. The molecule has 1 aliphatic heterocycles. The second-order valence-electron chi connectivity index (χ2n) is 11.5. The van der Waals surface area contributed by atoms with Gasteiger partial charge in [0.15, 0.2) is 0 Å². The number of ether oxygens (including phenoxy) is 1. The number of pyridine rings is 1. The lowest BCUT2D eigenvalue weighted by atomic mass is 9.75. The van der Waals surface area contributed by atoms with Crippen LogP contribution in [0.2, 0.25) is 0 Å². The van der Waals surface area contributed by atoms with Crippen LogP contribution in [0.15, 0.2) is 29.6 Å². The Morgan fingerprint density at radius 3 is 2.66 bits per heavy atom. The molecule has 1 saturated heterocycles. The molecule has 3 aliphatic rings. The van der Waals surface area contributed by atoms with Gasteiger partial charge in [-0.05, 0) is 62.5 Å². The minimum absolute atomic E-state index is 0.0265. The smallest absolute Gasteiger partial charge is 0.376 e. The maximum Gasteiger partial charge on any atom is 0.418 e. The third kappa shape index (κ3) is 4.90. The number of hydrogen-bond donors (Lipinski definition) is 0. The molecule has 3 fully saturated rings. The summed E-state index contributed by atoms with van der Waals surface area (Å²) in [6.07, 6.45) is 6.04. The minimum atomic E-state index is -4.56. The van der Waals surface area contributed by atoms with E-state index in [1.54, 1.807) is 17.1 Å². The first-order valence-corrected chi connectivity index (χ1v) is 13.7. The van der Waals surface area contributed by atoms with Crippen LogP contribution in [-0.2, 0) is 24.5 Å². The summed E-state index contributed by atoms with van der Waals surface area (Å²) in [5.41, 5.74) is -0.739. The van der Waals surface area contributed by atoms with Gasteiger partial charge in [0.2, 0.25) is 0 Å². The Balaban J connectivity index is 1.33. The first kappa shape index (κ1) is 25.6. The number of hydrogen-bond acceptors (Lipinski definition) is 5. The maximum atomic E-state index is 14.2. The van der Waals surface area contributed by atoms with Gasteiger partial charge in [0.05, 0.1) is 23.8 Å². The molecule has 0 aromatic carbocycles. The fraction of sp³-hybridized carbons (Fsp3) is 0.667. The first-order valence-electron chi connectivity index (χ1n) is 13.7. The van der Waals surface area contributed by atoms with Gasteiger partial charge in [0.25, 0.3) is 0 Å². The fourth-order valence-corrected chi connectivity index (χ4v) is 6.77. The summed E-state index contributed by atoms with van der Waals surface area (Å²) in [5.74, 6) is 2.13. The molecule has 0 amide bonds. The van der Waals surface area contributed by atoms with E-state index in [9.17, 15) is 18.0 Å². The van der Waals surface area contributed by atoms with E-state index in [-0.39, 0.29) is 23.6 Å². The summed E-state index contributed by atoms with van der Waals surface area (Å²) >= 11 is 0. The molecule has 4 atom stereocenters. The molecule has 2 saturated carbocycles. The molecule has 3 aromatic rings. The Labute approximate surface area is 219 Å². The number of aromatic nitrogens is 5. The molecule has 206 valence electrons. The lowest BCUT2D eigenvalue weighted by molar-refractivity contribution is -0.136. The van der Waals surface area contributed by atoms with Gasteiger partial charge in [0, 0.05) is 51.0 Å². The molecule has 8 nitrogen and oxygen atoms in total. The Morgan fingerprint density at radius 2 is 1.97 bits per heavy atom. The summed E-state index contributed by atoms with van der Waals surface area (Å²) in [6.45, 7) is 4.14. The monoisotopic (exact) mass is 532 g/mol. The molecule has 2 unspecified atom stereocenters. The number of halogens is 3. The van der Waals surface area contributed by atoms with Gasteiger partial charge in [0.1, 0.15) is 12.2 Å². The van der Waals surface area contributed by atoms with Crippen LogP contribution in [-0.4, -0.2) is 54.4 Å². The predicted molar refractivity (Wildman–Crippen MR) is 135 cm³/mol. The van der Waals surface area contributed by atoms with Crippen LogP contribution >= 0.6 is 0 Å². The minimum Gasteiger partial charge on any atom is -0.376 e. The molecule has 0 bridgehead atoms. The standard InChI is InChI=1S/C27H35F3N6O2/c1-17-12-34(8-9-38-17)13-18-10-22(27(28,29)30)23-15-35(26(37)36(23)14-18)21-5-3-4-20(11-21)24(19-6-7-19)25-32-31-16-33(25)2/h10,14-17,19-21,24H,3-9,11-13H2,1-2H3/t17-,20?,21?,24+/m1/s1. The van der Waals surface area contributed by atoms with Crippen molar-refractivity contribution in [2.45, 2.75) is 76.2 Å². The molecule has 38 heavy (non-hydrogen) atoms. The second-order valence-corrected chi connectivity index (χ2v) is 11.5. The van der Waals surface area contributed by atoms with E-state index in [4.69, 9.17) is 4.74 Å². The highest BCUT2D eigenvalue weighted by Gasteiger charge is 2.42. The van der Waals surface area contributed by atoms with Crippen molar-refractivity contribution in [1.82, 2.24) is 28.6 Å². The maximum absolute atomic E-state index is 14.2. The van der Waals surface area contributed by atoms with Crippen molar-refractivity contribution in [3.63, 3.8) is 0 Å². The average molecular weight is 533 g/mol. The van der Waals surface area contributed by atoms with Gasteiger partial charge in [-0.2, -0.15) is 13.2 Å². The lowest BCUT2D eigenvalue weighted by Crippen LogP contribution is -2.40. The van der Waals surface area contributed by atoms with E-state index in [1.165, 1.54) is 16.7 Å². The SMILES string of the molecule is C[C@@H]1CN(Cc2cc(C(F)(F)F)c3cn(C4CCCC([C@@H](c5nncn5C)C5CC5)C4)c(=O)n3c2)CCO1. The van der Waals surface area contributed by atoms with Crippen molar-refractivity contribution in [2.75, 3.05) is 19.7 Å². The van der Waals surface area contributed by atoms with Gasteiger partial charge in [-0.3, -0.25) is 13.9 Å². The third-order valence-corrected chi connectivity index (χ3v) is 8.65. The molecule has 11 heteroatoms. The van der Waals surface area contributed by atoms with Crippen molar-refractivity contribution in [1.29, 1.82) is 0 Å². The number of alkyl halides is 3. The Kier molecular flexibility index (Phi) is 6.62. The summed E-state index contributed by atoms with van der Waals surface area (Å²) in [6, 6.07) is 1.07. The van der Waals surface area contributed by atoms with Crippen molar-refractivity contribution in [3.05, 3.63) is 52.2 Å². The molecule has 2 aliphatic carbocycles. The number of nitrogens with zero attached hydrogens (tertiary/aromatic N) is 6. The zero-order valence-electron chi connectivity index (χ0n) is 21.9. The molecular weight excluding hydrogens is 497 g/mol. The molecule has 0 radical (unpaired) electrons. The number of fused-ring (bicyclic) bond motifs is 1. The van der Waals surface area contributed by atoms with E-state index in [1.807, 2.05) is 18.5 Å². The van der Waals surface area contributed by atoms with Crippen LogP contribution in [0.5, 0.6) is 0 Å². The van der Waals surface area contributed by atoms with Crippen molar-refractivity contribution in [3.8, 4) is 0 Å². The van der Waals surface area contributed by atoms with Gasteiger partial charge in [-0.25, -0.2) is 4.79 Å².